The third-order valence-corrected chi connectivity index (χ3v) is 1.96. The first kappa shape index (κ1) is 11.4. The van der Waals surface area contributed by atoms with Crippen molar-refractivity contribution in [3.05, 3.63) is 24.3 Å². The number of ether oxygens (including phenoxy) is 1. The summed E-state index contributed by atoms with van der Waals surface area (Å²) in [5, 5.41) is 0. The number of carbonyl (C=O) groups is 1. The zero-order chi connectivity index (χ0) is 11.4. The fraction of sp³-hybridized carbons (Fsp3) is 0.364. The molecule has 1 aromatic rings. The molecule has 0 aromatic heterocycles. The van der Waals surface area contributed by atoms with E-state index in [2.05, 4.69) is 0 Å². The Morgan fingerprint density at radius 1 is 1.47 bits per heavy atom. The van der Waals surface area contributed by atoms with Gasteiger partial charge in [0, 0.05) is 25.8 Å². The van der Waals surface area contributed by atoms with Crippen LogP contribution in [0.15, 0.2) is 24.3 Å². The lowest BCUT2D eigenvalue weighted by Gasteiger charge is -2.18. The van der Waals surface area contributed by atoms with Gasteiger partial charge in [-0.1, -0.05) is 6.07 Å². The highest BCUT2D eigenvalue weighted by Crippen LogP contribution is 2.16. The molecule has 2 N–H and O–H groups in total. The Hall–Kier alpha value is -1.71. The summed E-state index contributed by atoms with van der Waals surface area (Å²) in [6, 6.07) is 7.03. The zero-order valence-corrected chi connectivity index (χ0v) is 9.23. The lowest BCUT2D eigenvalue weighted by molar-refractivity contribution is -0.135. The third-order valence-electron chi connectivity index (χ3n) is 1.96. The zero-order valence-electron chi connectivity index (χ0n) is 9.23. The van der Waals surface area contributed by atoms with Crippen LogP contribution >= 0.6 is 0 Å². The van der Waals surface area contributed by atoms with Crippen LogP contribution in [0.1, 0.15) is 6.92 Å². The topological polar surface area (TPSA) is 55.6 Å². The lowest BCUT2D eigenvalue weighted by atomic mass is 10.3. The number of likely N-dealkylation sites (N-methyl/N-ethyl adjacent to an activating group) is 1. The summed E-state index contributed by atoms with van der Waals surface area (Å²) < 4.78 is 5.45. The summed E-state index contributed by atoms with van der Waals surface area (Å²) >= 11 is 0. The Morgan fingerprint density at radius 2 is 2.13 bits per heavy atom. The van der Waals surface area contributed by atoms with E-state index in [0.717, 1.165) is 0 Å². The molecule has 0 aliphatic carbocycles. The van der Waals surface area contributed by atoms with Gasteiger partial charge >= 0.3 is 0 Å². The molecule has 1 aromatic carbocycles. The van der Waals surface area contributed by atoms with Gasteiger partial charge in [0.1, 0.15) is 5.75 Å². The fourth-order valence-corrected chi connectivity index (χ4v) is 1.21. The van der Waals surface area contributed by atoms with Crippen molar-refractivity contribution in [3.8, 4) is 5.75 Å². The second kappa shape index (κ2) is 4.68. The summed E-state index contributed by atoms with van der Waals surface area (Å²) in [4.78, 5) is 13.0. The largest absolute Gasteiger partial charge is 0.481 e. The van der Waals surface area contributed by atoms with Gasteiger partial charge < -0.3 is 15.4 Å². The summed E-state index contributed by atoms with van der Waals surface area (Å²) in [7, 11) is 3.39. The highest BCUT2D eigenvalue weighted by atomic mass is 16.5. The molecule has 0 heterocycles. The van der Waals surface area contributed by atoms with Gasteiger partial charge in [-0.2, -0.15) is 0 Å². The number of amides is 1. The quantitative estimate of drug-likeness (QED) is 0.757. The van der Waals surface area contributed by atoms with Crippen molar-refractivity contribution < 1.29 is 9.53 Å². The number of anilines is 1. The fourth-order valence-electron chi connectivity index (χ4n) is 1.21. The van der Waals surface area contributed by atoms with E-state index in [4.69, 9.17) is 10.5 Å². The Morgan fingerprint density at radius 3 is 2.67 bits per heavy atom. The van der Waals surface area contributed by atoms with Crippen LogP contribution in [0.25, 0.3) is 0 Å². The van der Waals surface area contributed by atoms with Gasteiger partial charge in [-0.25, -0.2) is 0 Å². The number of hydrogen-bond acceptors (Lipinski definition) is 3. The van der Waals surface area contributed by atoms with Crippen molar-refractivity contribution in [3.63, 3.8) is 0 Å². The first-order chi connectivity index (χ1) is 7.00. The van der Waals surface area contributed by atoms with Crippen LogP contribution < -0.4 is 10.5 Å². The van der Waals surface area contributed by atoms with E-state index in [1.807, 2.05) is 0 Å². The molecule has 0 spiro atoms. The summed E-state index contributed by atoms with van der Waals surface area (Å²) in [5.74, 6) is 0.537. The number of nitrogens with zero attached hydrogens (tertiary/aromatic N) is 1. The second-order valence-electron chi connectivity index (χ2n) is 3.57. The van der Waals surface area contributed by atoms with Gasteiger partial charge in [-0.05, 0) is 19.1 Å². The van der Waals surface area contributed by atoms with Gasteiger partial charge in [0.2, 0.25) is 0 Å². The molecule has 0 saturated heterocycles. The number of benzene rings is 1. The molecule has 4 heteroatoms. The van der Waals surface area contributed by atoms with E-state index in [0.29, 0.717) is 11.4 Å². The van der Waals surface area contributed by atoms with E-state index in [1.165, 1.54) is 4.90 Å². The standard InChI is InChI=1S/C11H16N2O2/c1-8(11(14)13(2)3)15-10-6-4-5-9(12)7-10/h4-8H,12H2,1-3H3/t8-/m0/s1. The maximum Gasteiger partial charge on any atom is 0.262 e. The highest BCUT2D eigenvalue weighted by molar-refractivity contribution is 5.80. The van der Waals surface area contributed by atoms with Crippen LogP contribution in [0, 0.1) is 0 Å². The average molecular weight is 208 g/mol. The third kappa shape index (κ3) is 3.16. The van der Waals surface area contributed by atoms with Crippen molar-refractivity contribution >= 4 is 11.6 Å². The number of rotatable bonds is 3. The van der Waals surface area contributed by atoms with Gasteiger partial charge in [0.05, 0.1) is 0 Å². The van der Waals surface area contributed by atoms with Crippen molar-refractivity contribution in [2.75, 3.05) is 19.8 Å². The van der Waals surface area contributed by atoms with E-state index < -0.39 is 6.10 Å². The second-order valence-corrected chi connectivity index (χ2v) is 3.57. The van der Waals surface area contributed by atoms with Gasteiger partial charge in [-0.3, -0.25) is 4.79 Å². The smallest absolute Gasteiger partial charge is 0.262 e. The molecule has 0 aliphatic heterocycles. The van der Waals surface area contributed by atoms with E-state index in [1.54, 1.807) is 45.3 Å². The van der Waals surface area contributed by atoms with Crippen LogP contribution in [0.4, 0.5) is 5.69 Å². The van der Waals surface area contributed by atoms with Gasteiger partial charge in [0.15, 0.2) is 6.10 Å². The predicted octanol–water partition coefficient (Wildman–Crippen LogP) is 1.12. The normalized spacial score (nSPS) is 11.9. The molecule has 15 heavy (non-hydrogen) atoms. The molecule has 4 nitrogen and oxygen atoms in total. The maximum atomic E-state index is 11.5. The van der Waals surface area contributed by atoms with Gasteiger partial charge in [0.25, 0.3) is 5.91 Å². The number of nitrogen functional groups attached to an aromatic ring is 1. The van der Waals surface area contributed by atoms with Crippen LogP contribution in [0.5, 0.6) is 5.75 Å². The minimum atomic E-state index is -0.498. The minimum absolute atomic E-state index is 0.0718. The Kier molecular flexibility index (Phi) is 3.55. The van der Waals surface area contributed by atoms with E-state index >= 15 is 0 Å². The molecule has 0 fully saturated rings. The number of carbonyl (C=O) groups excluding carboxylic acids is 1. The molecule has 0 radical (unpaired) electrons. The van der Waals surface area contributed by atoms with E-state index in [9.17, 15) is 4.79 Å². The first-order valence-electron chi connectivity index (χ1n) is 4.74. The monoisotopic (exact) mass is 208 g/mol. The van der Waals surface area contributed by atoms with Crippen LogP contribution in [-0.2, 0) is 4.79 Å². The minimum Gasteiger partial charge on any atom is -0.481 e. The molecular weight excluding hydrogens is 192 g/mol. The van der Waals surface area contributed by atoms with E-state index in [-0.39, 0.29) is 5.91 Å². The highest BCUT2D eigenvalue weighted by Gasteiger charge is 2.16. The Bertz CT molecular complexity index is 350. The number of nitrogens with two attached hydrogens (primary N) is 1. The van der Waals surface area contributed by atoms with Crippen molar-refractivity contribution in [1.29, 1.82) is 0 Å². The maximum absolute atomic E-state index is 11.5. The molecule has 0 unspecified atom stereocenters. The Balaban J connectivity index is 2.66. The molecule has 0 aliphatic rings. The summed E-state index contributed by atoms with van der Waals surface area (Å²) in [6.07, 6.45) is -0.498. The first-order valence-corrected chi connectivity index (χ1v) is 4.74. The van der Waals surface area contributed by atoms with Crippen molar-refractivity contribution in [2.24, 2.45) is 0 Å². The summed E-state index contributed by atoms with van der Waals surface area (Å²) in [6.45, 7) is 1.71. The van der Waals surface area contributed by atoms with Crippen molar-refractivity contribution in [2.45, 2.75) is 13.0 Å². The number of hydrogen-bond donors (Lipinski definition) is 1. The van der Waals surface area contributed by atoms with Crippen LogP contribution in [-0.4, -0.2) is 31.0 Å². The van der Waals surface area contributed by atoms with Crippen LogP contribution in [0.3, 0.4) is 0 Å². The van der Waals surface area contributed by atoms with Crippen molar-refractivity contribution in [1.82, 2.24) is 4.90 Å². The molecule has 1 atom stereocenters. The molecule has 0 bridgehead atoms. The molecule has 82 valence electrons. The summed E-state index contributed by atoms with van der Waals surface area (Å²) in [5.41, 5.74) is 6.22. The van der Waals surface area contributed by atoms with Crippen LogP contribution in [0.2, 0.25) is 0 Å². The SMILES string of the molecule is C[C@H](Oc1cccc(N)c1)C(=O)N(C)C. The molecular formula is C11H16N2O2. The molecule has 1 amide bonds. The molecule has 1 rings (SSSR count). The molecule has 0 saturated carbocycles. The van der Waals surface area contributed by atoms with Gasteiger partial charge in [-0.15, -0.1) is 0 Å². The predicted molar refractivity (Wildman–Crippen MR) is 59.6 cm³/mol. The average Bonchev–Trinajstić information content (AvgIpc) is 2.16. The lowest BCUT2D eigenvalue weighted by Crippen LogP contribution is -2.35. The Labute approximate surface area is 89.6 Å².